The maximum Gasteiger partial charge on any atom is 0.258 e. The first-order chi connectivity index (χ1) is 12.8. The first kappa shape index (κ1) is 16.0. The van der Waals surface area contributed by atoms with E-state index in [0.717, 1.165) is 24.2 Å². The summed E-state index contributed by atoms with van der Waals surface area (Å²) in [5.74, 6) is 0. The zero-order valence-corrected chi connectivity index (χ0v) is 14.2. The third-order valence-corrected chi connectivity index (χ3v) is 4.24. The summed E-state index contributed by atoms with van der Waals surface area (Å²) in [4.78, 5) is 21.2. The minimum absolute atomic E-state index is 0.103. The van der Waals surface area contributed by atoms with E-state index in [2.05, 4.69) is 22.4 Å². The highest BCUT2D eigenvalue weighted by Crippen LogP contribution is 2.19. The summed E-state index contributed by atoms with van der Waals surface area (Å²) in [5, 5.41) is 3.41. The molecule has 4 rings (SSSR count). The van der Waals surface area contributed by atoms with Crippen LogP contribution < -0.4 is 10.9 Å². The van der Waals surface area contributed by atoms with E-state index in [1.165, 1.54) is 5.56 Å². The molecule has 0 aliphatic heterocycles. The van der Waals surface area contributed by atoms with Crippen LogP contribution in [0.1, 0.15) is 5.56 Å². The molecule has 4 aromatic rings. The Labute approximate surface area is 151 Å². The zero-order valence-electron chi connectivity index (χ0n) is 14.2. The highest BCUT2D eigenvalue weighted by atomic mass is 16.1. The van der Waals surface area contributed by atoms with Gasteiger partial charge in [0.05, 0.1) is 11.4 Å². The van der Waals surface area contributed by atoms with Crippen molar-refractivity contribution in [3.05, 3.63) is 95.2 Å². The minimum Gasteiger partial charge on any atom is -0.382 e. The van der Waals surface area contributed by atoms with Crippen LogP contribution in [0, 0.1) is 0 Å². The monoisotopic (exact) mass is 342 g/mol. The summed E-state index contributed by atoms with van der Waals surface area (Å²) in [6.45, 7) is 0.763. The van der Waals surface area contributed by atoms with Crippen LogP contribution in [0.15, 0.2) is 84.0 Å². The van der Waals surface area contributed by atoms with E-state index in [1.807, 2.05) is 42.5 Å². The largest absolute Gasteiger partial charge is 0.382 e. The highest BCUT2D eigenvalue weighted by Gasteiger charge is 2.08. The summed E-state index contributed by atoms with van der Waals surface area (Å²) in [5.41, 5.74) is 4.15. The third-order valence-electron chi connectivity index (χ3n) is 4.24. The van der Waals surface area contributed by atoms with Crippen LogP contribution in [-0.2, 0) is 6.42 Å². The third kappa shape index (κ3) is 3.32. The van der Waals surface area contributed by atoms with E-state index < -0.39 is 0 Å². The molecule has 26 heavy (non-hydrogen) atoms. The number of hydrogen-bond donors (Lipinski definition) is 1. The van der Waals surface area contributed by atoms with Crippen molar-refractivity contribution in [3.63, 3.8) is 0 Å². The van der Waals surface area contributed by atoms with Crippen LogP contribution >= 0.6 is 0 Å². The number of anilines is 1. The van der Waals surface area contributed by atoms with E-state index in [1.54, 1.807) is 29.1 Å². The summed E-state index contributed by atoms with van der Waals surface area (Å²) in [7, 11) is 0. The first-order valence-corrected chi connectivity index (χ1v) is 8.52. The molecule has 5 heteroatoms. The SMILES string of the molecule is O=c1cc(-c2ccncc2)nc2c(NCCc3ccccc3)cccn12. The van der Waals surface area contributed by atoms with Crippen LogP contribution in [0.25, 0.3) is 16.9 Å². The fourth-order valence-electron chi connectivity index (χ4n) is 2.92. The fourth-order valence-corrected chi connectivity index (χ4v) is 2.92. The molecule has 0 bridgehead atoms. The van der Waals surface area contributed by atoms with Gasteiger partial charge in [0.2, 0.25) is 0 Å². The van der Waals surface area contributed by atoms with Gasteiger partial charge in [-0.2, -0.15) is 0 Å². The predicted octanol–water partition coefficient (Wildman–Crippen LogP) is 3.41. The predicted molar refractivity (Wildman–Crippen MR) is 103 cm³/mol. The Bertz CT molecular complexity index is 1080. The highest BCUT2D eigenvalue weighted by molar-refractivity contribution is 5.71. The van der Waals surface area contributed by atoms with E-state index >= 15 is 0 Å². The van der Waals surface area contributed by atoms with Crippen LogP contribution in [0.5, 0.6) is 0 Å². The van der Waals surface area contributed by atoms with E-state index in [9.17, 15) is 4.79 Å². The number of aromatic nitrogens is 3. The number of nitrogens with zero attached hydrogens (tertiary/aromatic N) is 3. The average molecular weight is 342 g/mol. The second-order valence-corrected chi connectivity index (χ2v) is 5.99. The van der Waals surface area contributed by atoms with Crippen molar-refractivity contribution in [2.45, 2.75) is 6.42 Å². The number of hydrogen-bond acceptors (Lipinski definition) is 4. The molecule has 5 nitrogen and oxygen atoms in total. The smallest absolute Gasteiger partial charge is 0.258 e. The number of fused-ring (bicyclic) bond motifs is 1. The Morgan fingerprint density at radius 3 is 2.58 bits per heavy atom. The van der Waals surface area contributed by atoms with Crippen LogP contribution in [0.4, 0.5) is 5.69 Å². The molecule has 3 heterocycles. The molecule has 0 unspecified atom stereocenters. The van der Waals surface area contributed by atoms with Crippen LogP contribution in [0.2, 0.25) is 0 Å². The van der Waals surface area contributed by atoms with Crippen molar-refractivity contribution in [2.75, 3.05) is 11.9 Å². The van der Waals surface area contributed by atoms with Crippen LogP contribution in [0.3, 0.4) is 0 Å². The summed E-state index contributed by atoms with van der Waals surface area (Å²) >= 11 is 0. The van der Waals surface area contributed by atoms with Gasteiger partial charge in [-0.1, -0.05) is 30.3 Å². The normalized spacial score (nSPS) is 10.8. The lowest BCUT2D eigenvalue weighted by molar-refractivity contribution is 1.00. The topological polar surface area (TPSA) is 59.3 Å². The molecule has 1 N–H and O–H groups in total. The number of benzene rings is 1. The lowest BCUT2D eigenvalue weighted by Gasteiger charge is -2.11. The van der Waals surface area contributed by atoms with Crippen molar-refractivity contribution >= 4 is 11.3 Å². The van der Waals surface area contributed by atoms with Gasteiger partial charge in [-0.3, -0.25) is 14.2 Å². The Morgan fingerprint density at radius 1 is 0.962 bits per heavy atom. The molecule has 0 radical (unpaired) electrons. The van der Waals surface area contributed by atoms with Crippen molar-refractivity contribution < 1.29 is 0 Å². The molecule has 128 valence electrons. The molecular weight excluding hydrogens is 324 g/mol. The van der Waals surface area contributed by atoms with Gasteiger partial charge in [-0.15, -0.1) is 0 Å². The second kappa shape index (κ2) is 7.19. The summed E-state index contributed by atoms with van der Waals surface area (Å²) in [6, 6.07) is 19.4. The number of nitrogens with one attached hydrogen (secondary N) is 1. The molecule has 0 aliphatic rings. The van der Waals surface area contributed by atoms with E-state index in [-0.39, 0.29) is 5.56 Å². The molecular formula is C21H18N4O. The van der Waals surface area contributed by atoms with Gasteiger partial charge in [0.25, 0.3) is 5.56 Å². The molecule has 0 amide bonds. The average Bonchev–Trinajstić information content (AvgIpc) is 2.70. The fraction of sp³-hybridized carbons (Fsp3) is 0.0952. The zero-order chi connectivity index (χ0) is 17.8. The van der Waals surface area contributed by atoms with Gasteiger partial charge < -0.3 is 5.32 Å². The Hall–Kier alpha value is -3.47. The van der Waals surface area contributed by atoms with E-state index in [4.69, 9.17) is 4.98 Å². The quantitative estimate of drug-likeness (QED) is 0.604. The number of pyridine rings is 2. The van der Waals surface area contributed by atoms with Crippen molar-refractivity contribution in [3.8, 4) is 11.3 Å². The van der Waals surface area contributed by atoms with Crippen LogP contribution in [-0.4, -0.2) is 20.9 Å². The lowest BCUT2D eigenvalue weighted by Crippen LogP contribution is -2.16. The molecule has 0 aliphatic carbocycles. The standard InChI is InChI=1S/C21H18N4O/c26-20-15-19(17-9-11-22-12-10-17)24-21-18(7-4-14-25(20)21)23-13-8-16-5-2-1-3-6-16/h1-7,9-12,14-15,23H,8,13H2. The van der Waals surface area contributed by atoms with Crippen molar-refractivity contribution in [2.24, 2.45) is 0 Å². The van der Waals surface area contributed by atoms with Gasteiger partial charge in [0.1, 0.15) is 0 Å². The van der Waals surface area contributed by atoms with Gasteiger partial charge in [-0.25, -0.2) is 4.98 Å². The Kier molecular flexibility index (Phi) is 4.43. The molecule has 3 aromatic heterocycles. The molecule has 0 atom stereocenters. The van der Waals surface area contributed by atoms with Crippen molar-refractivity contribution in [1.29, 1.82) is 0 Å². The van der Waals surface area contributed by atoms with Gasteiger partial charge in [-0.05, 0) is 36.2 Å². The van der Waals surface area contributed by atoms with Gasteiger partial charge >= 0.3 is 0 Å². The minimum atomic E-state index is -0.103. The number of rotatable bonds is 5. The maximum absolute atomic E-state index is 12.5. The maximum atomic E-state index is 12.5. The molecule has 0 saturated carbocycles. The van der Waals surface area contributed by atoms with Gasteiger partial charge in [0, 0.05) is 36.8 Å². The molecule has 0 fully saturated rings. The second-order valence-electron chi connectivity index (χ2n) is 5.99. The van der Waals surface area contributed by atoms with E-state index in [0.29, 0.717) is 11.3 Å². The summed E-state index contributed by atoms with van der Waals surface area (Å²) < 4.78 is 1.57. The van der Waals surface area contributed by atoms with Crippen molar-refractivity contribution in [1.82, 2.24) is 14.4 Å². The Morgan fingerprint density at radius 2 is 1.77 bits per heavy atom. The molecule has 0 saturated heterocycles. The lowest BCUT2D eigenvalue weighted by atomic mass is 10.1. The summed E-state index contributed by atoms with van der Waals surface area (Å²) in [6.07, 6.45) is 6.03. The molecule has 1 aromatic carbocycles. The molecule has 0 spiro atoms. The van der Waals surface area contributed by atoms with Gasteiger partial charge in [0.15, 0.2) is 5.65 Å². The Balaban J connectivity index is 1.66. The first-order valence-electron chi connectivity index (χ1n) is 8.52.